The Balaban J connectivity index is 2.02. The van der Waals surface area contributed by atoms with E-state index in [0.717, 1.165) is 22.4 Å². The van der Waals surface area contributed by atoms with Crippen molar-refractivity contribution in [2.24, 2.45) is 0 Å². The van der Waals surface area contributed by atoms with Crippen LogP contribution < -0.4 is 10.6 Å². The second-order valence-electron chi connectivity index (χ2n) is 6.51. The van der Waals surface area contributed by atoms with Gasteiger partial charge < -0.3 is 10.6 Å². The molecule has 0 spiro atoms. The second kappa shape index (κ2) is 8.70. The van der Waals surface area contributed by atoms with E-state index >= 15 is 0 Å². The number of aryl methyl sites for hydroxylation is 1. The van der Waals surface area contributed by atoms with Crippen molar-refractivity contribution < 1.29 is 4.79 Å². The first-order chi connectivity index (χ1) is 11.8. The normalized spacial score (nSPS) is 12.3. The Morgan fingerprint density at radius 3 is 2.44 bits per heavy atom. The van der Waals surface area contributed by atoms with E-state index in [0.29, 0.717) is 16.0 Å². The molecule has 2 rings (SSSR count). The summed E-state index contributed by atoms with van der Waals surface area (Å²) in [6, 6.07) is 11.4. The van der Waals surface area contributed by atoms with Crippen molar-refractivity contribution in [2.45, 2.75) is 39.7 Å². The van der Waals surface area contributed by atoms with Gasteiger partial charge in [-0.3, -0.25) is 4.79 Å². The quantitative estimate of drug-likeness (QED) is 0.675. The summed E-state index contributed by atoms with van der Waals surface area (Å²) in [5.74, 6) is 0.267. The molecule has 0 saturated carbocycles. The van der Waals surface area contributed by atoms with E-state index in [1.807, 2.05) is 32.0 Å². The Bertz CT molecular complexity index is 759. The second-order valence-corrected chi connectivity index (χ2v) is 7.35. The molecule has 0 aromatic heterocycles. The van der Waals surface area contributed by atoms with Crippen molar-refractivity contribution in [2.75, 3.05) is 11.9 Å². The monoisotopic (exact) mass is 378 g/mol. The maximum absolute atomic E-state index is 12.4. The van der Waals surface area contributed by atoms with E-state index in [1.165, 1.54) is 0 Å². The Hall–Kier alpha value is -1.55. The van der Waals surface area contributed by atoms with Gasteiger partial charge in [0.1, 0.15) is 0 Å². The summed E-state index contributed by atoms with van der Waals surface area (Å²) in [5.41, 5.74) is 4.02. The lowest BCUT2D eigenvalue weighted by atomic mass is 9.98. The Kier molecular flexibility index (Phi) is 6.88. The number of anilines is 1. The number of hydrogen-bond acceptors (Lipinski definition) is 2. The van der Waals surface area contributed by atoms with E-state index in [-0.39, 0.29) is 18.5 Å². The van der Waals surface area contributed by atoms with Crippen molar-refractivity contribution in [3.63, 3.8) is 0 Å². The van der Waals surface area contributed by atoms with Gasteiger partial charge in [-0.2, -0.15) is 0 Å². The zero-order valence-electron chi connectivity index (χ0n) is 15.0. The molecule has 3 nitrogen and oxygen atoms in total. The minimum absolute atomic E-state index is 0.0584. The van der Waals surface area contributed by atoms with Crippen LogP contribution >= 0.6 is 23.2 Å². The third kappa shape index (κ3) is 5.21. The fraction of sp³-hybridized carbons (Fsp3) is 0.350. The molecule has 2 aromatic rings. The lowest BCUT2D eigenvalue weighted by molar-refractivity contribution is -0.115. The number of carbonyl (C=O) groups is 1. The average molecular weight is 379 g/mol. The number of para-hydroxylation sites is 1. The predicted molar refractivity (Wildman–Crippen MR) is 107 cm³/mol. The molecule has 1 unspecified atom stereocenters. The molecule has 0 fully saturated rings. The van der Waals surface area contributed by atoms with Crippen LogP contribution in [-0.2, 0) is 4.79 Å². The van der Waals surface area contributed by atoms with Crippen LogP contribution in [0.1, 0.15) is 49.4 Å². The minimum Gasteiger partial charge on any atom is -0.324 e. The summed E-state index contributed by atoms with van der Waals surface area (Å²) in [7, 11) is 0. The van der Waals surface area contributed by atoms with E-state index < -0.39 is 0 Å². The molecule has 25 heavy (non-hydrogen) atoms. The summed E-state index contributed by atoms with van der Waals surface area (Å²) >= 11 is 12.1. The van der Waals surface area contributed by atoms with Crippen LogP contribution in [0.3, 0.4) is 0 Å². The molecule has 0 saturated heterocycles. The van der Waals surface area contributed by atoms with Gasteiger partial charge >= 0.3 is 0 Å². The van der Waals surface area contributed by atoms with Gasteiger partial charge in [-0.25, -0.2) is 0 Å². The molecule has 5 heteroatoms. The van der Waals surface area contributed by atoms with Gasteiger partial charge in [0.05, 0.1) is 6.54 Å². The highest BCUT2D eigenvalue weighted by atomic mass is 35.5. The third-order valence-corrected chi connectivity index (χ3v) is 4.75. The van der Waals surface area contributed by atoms with Gasteiger partial charge in [0.25, 0.3) is 0 Å². The van der Waals surface area contributed by atoms with Crippen LogP contribution in [0.5, 0.6) is 0 Å². The zero-order chi connectivity index (χ0) is 18.6. The van der Waals surface area contributed by atoms with Crippen LogP contribution in [0.25, 0.3) is 0 Å². The van der Waals surface area contributed by atoms with E-state index in [4.69, 9.17) is 23.2 Å². The predicted octanol–water partition coefficient (Wildman–Crippen LogP) is 5.71. The van der Waals surface area contributed by atoms with Crippen LogP contribution in [0.2, 0.25) is 10.0 Å². The summed E-state index contributed by atoms with van der Waals surface area (Å²) in [5, 5.41) is 7.43. The molecule has 1 amide bonds. The lowest BCUT2D eigenvalue weighted by Crippen LogP contribution is -2.30. The highest BCUT2D eigenvalue weighted by molar-refractivity contribution is 6.35. The summed E-state index contributed by atoms with van der Waals surface area (Å²) in [4.78, 5) is 12.4. The molecule has 0 aliphatic rings. The number of nitrogens with one attached hydrogen (secondary N) is 2. The topological polar surface area (TPSA) is 41.1 Å². The van der Waals surface area contributed by atoms with E-state index in [2.05, 4.69) is 30.5 Å². The number of benzene rings is 2. The SMILES string of the molecule is Cc1cccc(C(C)C)c1NC(=O)CNC(C)c1ccc(Cl)cc1Cl. The van der Waals surface area contributed by atoms with Gasteiger partial charge in [-0.15, -0.1) is 0 Å². The lowest BCUT2D eigenvalue weighted by Gasteiger charge is -2.18. The molecule has 0 bridgehead atoms. The van der Waals surface area contributed by atoms with E-state index in [1.54, 1.807) is 12.1 Å². The molecular weight excluding hydrogens is 355 g/mol. The largest absolute Gasteiger partial charge is 0.324 e. The molecular formula is C20H24Cl2N2O. The fourth-order valence-electron chi connectivity index (χ4n) is 2.73. The van der Waals surface area contributed by atoms with Crippen molar-refractivity contribution in [1.82, 2.24) is 5.32 Å². The Labute approximate surface area is 159 Å². The van der Waals surface area contributed by atoms with Crippen molar-refractivity contribution >= 4 is 34.8 Å². The van der Waals surface area contributed by atoms with Gasteiger partial charge in [0.2, 0.25) is 5.91 Å². The zero-order valence-corrected chi connectivity index (χ0v) is 16.5. The number of rotatable bonds is 6. The molecule has 0 aliphatic carbocycles. The molecule has 134 valence electrons. The summed E-state index contributed by atoms with van der Waals surface area (Å²) < 4.78 is 0. The van der Waals surface area contributed by atoms with Crippen LogP contribution in [0, 0.1) is 6.92 Å². The number of halogens is 2. The summed E-state index contributed by atoms with van der Waals surface area (Å²) in [6.45, 7) is 8.41. The van der Waals surface area contributed by atoms with Crippen LogP contribution in [0.4, 0.5) is 5.69 Å². The smallest absolute Gasteiger partial charge is 0.238 e. The van der Waals surface area contributed by atoms with Gasteiger partial charge in [-0.05, 0) is 48.6 Å². The highest BCUT2D eigenvalue weighted by Crippen LogP contribution is 2.28. The minimum atomic E-state index is -0.0758. The van der Waals surface area contributed by atoms with Crippen molar-refractivity contribution in [3.8, 4) is 0 Å². The van der Waals surface area contributed by atoms with Crippen molar-refractivity contribution in [3.05, 3.63) is 63.1 Å². The van der Waals surface area contributed by atoms with E-state index in [9.17, 15) is 4.79 Å². The van der Waals surface area contributed by atoms with Crippen LogP contribution in [0.15, 0.2) is 36.4 Å². The molecule has 2 aromatic carbocycles. The third-order valence-electron chi connectivity index (χ3n) is 4.19. The molecule has 0 radical (unpaired) electrons. The molecule has 0 aliphatic heterocycles. The van der Waals surface area contributed by atoms with Gasteiger partial charge in [-0.1, -0.05) is 61.3 Å². The Morgan fingerprint density at radius 1 is 1.08 bits per heavy atom. The standard InChI is InChI=1S/C20H24Cl2N2O/c1-12(2)16-7-5-6-13(3)20(16)24-19(25)11-23-14(4)17-9-8-15(21)10-18(17)22/h5-10,12,14,23H,11H2,1-4H3,(H,24,25). The van der Waals surface area contributed by atoms with Crippen LogP contribution in [-0.4, -0.2) is 12.5 Å². The van der Waals surface area contributed by atoms with Crippen molar-refractivity contribution in [1.29, 1.82) is 0 Å². The van der Waals surface area contributed by atoms with Gasteiger partial charge in [0, 0.05) is 21.8 Å². The fourth-order valence-corrected chi connectivity index (χ4v) is 3.31. The average Bonchev–Trinajstić information content (AvgIpc) is 2.54. The molecule has 1 atom stereocenters. The first-order valence-corrected chi connectivity index (χ1v) is 9.13. The number of hydrogen-bond donors (Lipinski definition) is 2. The highest BCUT2D eigenvalue weighted by Gasteiger charge is 2.14. The molecule has 0 heterocycles. The maximum atomic E-state index is 12.4. The van der Waals surface area contributed by atoms with Gasteiger partial charge in [0.15, 0.2) is 0 Å². The maximum Gasteiger partial charge on any atom is 0.238 e. The molecule has 2 N–H and O–H groups in total. The first-order valence-electron chi connectivity index (χ1n) is 8.37. The Morgan fingerprint density at radius 2 is 1.80 bits per heavy atom. The summed E-state index contributed by atoms with van der Waals surface area (Å²) in [6.07, 6.45) is 0. The number of amides is 1. The number of carbonyl (C=O) groups excluding carboxylic acids is 1. The first kappa shape index (κ1) is 19.8.